The number of benzene rings is 1. The molecule has 1 aromatic carbocycles. The Bertz CT molecular complexity index is 534. The Balaban J connectivity index is 2.18. The van der Waals surface area contributed by atoms with E-state index in [1.54, 1.807) is 6.07 Å². The molecule has 108 valence electrons. The van der Waals surface area contributed by atoms with Gasteiger partial charge in [0, 0.05) is 6.42 Å². The second-order valence-electron chi connectivity index (χ2n) is 4.50. The smallest absolute Gasteiger partial charge is 0.272 e. The average molecular weight is 284 g/mol. The topological polar surface area (TPSA) is 81.4 Å². The van der Waals surface area contributed by atoms with Crippen LogP contribution in [0.25, 0.3) is 0 Å². The molecule has 1 unspecified atom stereocenters. The van der Waals surface area contributed by atoms with Crippen LogP contribution in [0.2, 0.25) is 0 Å². The lowest BCUT2D eigenvalue weighted by molar-refractivity contribution is -0.134. The van der Waals surface area contributed by atoms with Crippen LogP contribution in [0.1, 0.15) is 24.3 Å². The summed E-state index contributed by atoms with van der Waals surface area (Å²) in [6, 6.07) is 4.60. The molecule has 0 bridgehead atoms. The van der Waals surface area contributed by atoms with Gasteiger partial charge in [0.05, 0.1) is 11.6 Å². The van der Waals surface area contributed by atoms with E-state index in [1.165, 1.54) is 12.1 Å². The number of alkyl halides is 2. The van der Waals surface area contributed by atoms with Gasteiger partial charge < -0.3 is 10.5 Å². The van der Waals surface area contributed by atoms with Gasteiger partial charge in [-0.2, -0.15) is 0 Å². The third-order valence-electron chi connectivity index (χ3n) is 3.04. The Morgan fingerprint density at radius 3 is 2.80 bits per heavy atom. The maximum Gasteiger partial charge on any atom is 0.272 e. The molecule has 0 spiro atoms. The van der Waals surface area contributed by atoms with E-state index in [0.29, 0.717) is 12.0 Å². The molecule has 1 saturated heterocycles. The van der Waals surface area contributed by atoms with Crippen molar-refractivity contribution in [3.8, 4) is 5.75 Å². The molecule has 1 heterocycles. The number of ether oxygens (including phenoxy) is 1. The molecule has 0 aliphatic carbocycles. The first-order valence-electron chi connectivity index (χ1n) is 6.11. The summed E-state index contributed by atoms with van der Waals surface area (Å²) in [6.45, 7) is -0.761. The van der Waals surface area contributed by atoms with Gasteiger partial charge in [-0.15, -0.1) is 0 Å². The number of halogens is 2. The Labute approximate surface area is 114 Å². The van der Waals surface area contributed by atoms with Crippen molar-refractivity contribution in [1.29, 1.82) is 0 Å². The van der Waals surface area contributed by atoms with Crippen LogP contribution in [0.15, 0.2) is 18.2 Å². The maximum atomic E-state index is 12.1. The summed E-state index contributed by atoms with van der Waals surface area (Å²) in [5.41, 5.74) is 6.45. The number of carbonyl (C=O) groups excluding carboxylic acids is 2. The third kappa shape index (κ3) is 3.23. The van der Waals surface area contributed by atoms with Crippen molar-refractivity contribution >= 4 is 17.5 Å². The number of nitrogen functional groups attached to an aromatic ring is 1. The summed E-state index contributed by atoms with van der Waals surface area (Å²) in [7, 11) is 0. The molecular formula is C13H14F2N2O3. The van der Waals surface area contributed by atoms with E-state index in [9.17, 15) is 18.4 Å². The van der Waals surface area contributed by atoms with E-state index in [-0.39, 0.29) is 23.8 Å². The fraction of sp³-hybridized carbons (Fsp3) is 0.385. The van der Waals surface area contributed by atoms with Crippen LogP contribution in [-0.4, -0.2) is 24.8 Å². The molecule has 7 heteroatoms. The first kappa shape index (κ1) is 14.2. The van der Waals surface area contributed by atoms with Gasteiger partial charge in [-0.05, 0) is 24.1 Å². The highest BCUT2D eigenvalue weighted by atomic mass is 19.3. The zero-order chi connectivity index (χ0) is 14.7. The molecule has 20 heavy (non-hydrogen) atoms. The van der Waals surface area contributed by atoms with Crippen LogP contribution >= 0.6 is 0 Å². The number of nitrogens with one attached hydrogen (secondary N) is 1. The van der Waals surface area contributed by atoms with Gasteiger partial charge in [0.2, 0.25) is 11.8 Å². The molecule has 0 radical (unpaired) electrons. The van der Waals surface area contributed by atoms with Crippen molar-refractivity contribution in [2.24, 2.45) is 0 Å². The number of hydrogen-bond acceptors (Lipinski definition) is 4. The average Bonchev–Trinajstić information content (AvgIpc) is 2.38. The van der Waals surface area contributed by atoms with Crippen molar-refractivity contribution < 1.29 is 23.1 Å². The van der Waals surface area contributed by atoms with Crippen LogP contribution < -0.4 is 15.8 Å². The highest BCUT2D eigenvalue weighted by Crippen LogP contribution is 2.31. The van der Waals surface area contributed by atoms with Gasteiger partial charge in [-0.1, -0.05) is 6.07 Å². The SMILES string of the molecule is Nc1ccc(C2CCC(=O)NC2=O)cc1OCC(F)F. The second-order valence-corrected chi connectivity index (χ2v) is 4.50. The minimum absolute atomic E-state index is 0.118. The molecule has 0 aromatic heterocycles. The zero-order valence-electron chi connectivity index (χ0n) is 10.6. The van der Waals surface area contributed by atoms with Crippen molar-refractivity contribution in [2.45, 2.75) is 25.2 Å². The minimum atomic E-state index is -2.60. The Kier molecular flexibility index (Phi) is 4.16. The van der Waals surface area contributed by atoms with Gasteiger partial charge in [-0.25, -0.2) is 8.78 Å². The van der Waals surface area contributed by atoms with Crippen LogP contribution in [0.4, 0.5) is 14.5 Å². The van der Waals surface area contributed by atoms with Crippen LogP contribution in [0.5, 0.6) is 5.75 Å². The summed E-state index contributed by atoms with van der Waals surface area (Å²) in [4.78, 5) is 22.8. The van der Waals surface area contributed by atoms with E-state index < -0.39 is 24.9 Å². The molecule has 3 N–H and O–H groups in total. The number of carbonyl (C=O) groups is 2. The first-order chi connectivity index (χ1) is 9.47. The second kappa shape index (κ2) is 5.85. The number of piperidine rings is 1. The van der Waals surface area contributed by atoms with E-state index in [2.05, 4.69) is 5.32 Å². The molecule has 2 rings (SSSR count). The van der Waals surface area contributed by atoms with Gasteiger partial charge in [-0.3, -0.25) is 14.9 Å². The van der Waals surface area contributed by atoms with E-state index in [0.717, 1.165) is 0 Å². The standard InChI is InChI=1S/C13H14F2N2O3/c14-11(15)6-20-10-5-7(1-3-9(10)16)8-2-4-12(18)17-13(8)19/h1,3,5,8,11H,2,4,6,16H2,(H,17,18,19). The molecule has 2 amide bonds. The summed E-state index contributed by atoms with van der Waals surface area (Å²) in [6.07, 6.45) is -1.98. The molecule has 1 aliphatic rings. The Morgan fingerprint density at radius 1 is 1.40 bits per heavy atom. The predicted octanol–water partition coefficient (Wildman–Crippen LogP) is 1.43. The van der Waals surface area contributed by atoms with E-state index >= 15 is 0 Å². The molecule has 5 nitrogen and oxygen atoms in total. The molecule has 0 saturated carbocycles. The monoisotopic (exact) mass is 284 g/mol. The Hall–Kier alpha value is -2.18. The van der Waals surface area contributed by atoms with Gasteiger partial charge in [0.1, 0.15) is 12.4 Å². The summed E-state index contributed by atoms with van der Waals surface area (Å²) < 4.78 is 29.2. The normalized spacial score (nSPS) is 19.1. The quantitative estimate of drug-likeness (QED) is 0.647. The predicted molar refractivity (Wildman–Crippen MR) is 67.5 cm³/mol. The first-order valence-corrected chi connectivity index (χ1v) is 6.11. The van der Waals surface area contributed by atoms with E-state index in [1.807, 2.05) is 0 Å². The minimum Gasteiger partial charge on any atom is -0.485 e. The maximum absolute atomic E-state index is 12.1. The summed E-state index contributed by atoms with van der Waals surface area (Å²) >= 11 is 0. The highest BCUT2D eigenvalue weighted by molar-refractivity contribution is 6.01. The molecule has 1 fully saturated rings. The number of imide groups is 1. The number of amides is 2. The Morgan fingerprint density at radius 2 is 2.15 bits per heavy atom. The van der Waals surface area contributed by atoms with Gasteiger partial charge >= 0.3 is 0 Å². The van der Waals surface area contributed by atoms with Crippen molar-refractivity contribution in [2.75, 3.05) is 12.3 Å². The fourth-order valence-electron chi connectivity index (χ4n) is 2.06. The van der Waals surface area contributed by atoms with Crippen molar-refractivity contribution in [1.82, 2.24) is 5.32 Å². The molecule has 1 aliphatic heterocycles. The van der Waals surface area contributed by atoms with Gasteiger partial charge in [0.25, 0.3) is 6.43 Å². The van der Waals surface area contributed by atoms with Crippen LogP contribution in [0, 0.1) is 0 Å². The molecule has 1 atom stereocenters. The largest absolute Gasteiger partial charge is 0.485 e. The lowest BCUT2D eigenvalue weighted by Gasteiger charge is -2.22. The summed E-state index contributed by atoms with van der Waals surface area (Å²) in [5, 5.41) is 2.24. The fourth-order valence-corrected chi connectivity index (χ4v) is 2.06. The van der Waals surface area contributed by atoms with Crippen molar-refractivity contribution in [3.63, 3.8) is 0 Å². The van der Waals surface area contributed by atoms with Crippen molar-refractivity contribution in [3.05, 3.63) is 23.8 Å². The number of rotatable bonds is 4. The van der Waals surface area contributed by atoms with Crippen LogP contribution in [-0.2, 0) is 9.59 Å². The van der Waals surface area contributed by atoms with Gasteiger partial charge in [0.15, 0.2) is 0 Å². The van der Waals surface area contributed by atoms with E-state index in [4.69, 9.17) is 10.5 Å². The number of nitrogens with two attached hydrogens (primary N) is 1. The lowest BCUT2D eigenvalue weighted by atomic mass is 9.90. The number of hydrogen-bond donors (Lipinski definition) is 2. The molecular weight excluding hydrogens is 270 g/mol. The highest BCUT2D eigenvalue weighted by Gasteiger charge is 2.28. The summed E-state index contributed by atoms with van der Waals surface area (Å²) in [5.74, 6) is -1.09. The zero-order valence-corrected chi connectivity index (χ0v) is 10.6. The number of anilines is 1. The third-order valence-corrected chi connectivity index (χ3v) is 3.04. The lowest BCUT2D eigenvalue weighted by Crippen LogP contribution is -2.39. The van der Waals surface area contributed by atoms with Crippen LogP contribution in [0.3, 0.4) is 0 Å². The molecule has 1 aromatic rings.